The van der Waals surface area contributed by atoms with E-state index < -0.39 is 0 Å². The van der Waals surface area contributed by atoms with Crippen LogP contribution in [0.2, 0.25) is 0 Å². The van der Waals surface area contributed by atoms with Crippen LogP contribution < -0.4 is 5.73 Å². The summed E-state index contributed by atoms with van der Waals surface area (Å²) in [5.74, 6) is 0. The monoisotopic (exact) mass is 201 g/mol. The first-order valence-electron chi connectivity index (χ1n) is 5.67. The van der Waals surface area contributed by atoms with Crippen LogP contribution in [-0.4, -0.2) is 6.04 Å². The second kappa shape index (κ2) is 4.19. The number of hydrogen-bond acceptors (Lipinski definition) is 1. The van der Waals surface area contributed by atoms with Crippen LogP contribution in [0.4, 0.5) is 0 Å². The average molecular weight is 201 g/mol. The lowest BCUT2D eigenvalue weighted by molar-refractivity contribution is 0.711. The van der Waals surface area contributed by atoms with E-state index in [9.17, 15) is 0 Å². The minimum atomic E-state index is 0.390. The Hall–Kier alpha value is -1.08. The Morgan fingerprint density at radius 2 is 2.13 bits per heavy atom. The standard InChI is InChI=1S/C14H19N/c1-10-3-4-11(2)13(7-10)8-12-5-6-14(15)9-12/h3-4,7-8,14H,5-6,9,15H2,1-2H3. The summed E-state index contributed by atoms with van der Waals surface area (Å²) in [5.41, 5.74) is 11.5. The molecular weight excluding hydrogens is 182 g/mol. The summed E-state index contributed by atoms with van der Waals surface area (Å²) in [7, 11) is 0. The molecule has 1 aliphatic rings. The quantitative estimate of drug-likeness (QED) is 0.742. The van der Waals surface area contributed by atoms with Crippen LogP contribution in [0.25, 0.3) is 6.08 Å². The summed E-state index contributed by atoms with van der Waals surface area (Å²) in [4.78, 5) is 0. The molecule has 1 nitrogen and oxygen atoms in total. The van der Waals surface area contributed by atoms with Gasteiger partial charge in [-0.3, -0.25) is 0 Å². The average Bonchev–Trinajstić information content (AvgIpc) is 2.58. The van der Waals surface area contributed by atoms with Crippen molar-refractivity contribution in [2.75, 3.05) is 0 Å². The summed E-state index contributed by atoms with van der Waals surface area (Å²) in [6.45, 7) is 4.31. The Balaban J connectivity index is 2.26. The van der Waals surface area contributed by atoms with Crippen LogP contribution in [0.3, 0.4) is 0 Å². The summed E-state index contributed by atoms with van der Waals surface area (Å²) in [6.07, 6.45) is 5.73. The molecular formula is C14H19N. The summed E-state index contributed by atoms with van der Waals surface area (Å²) in [6, 6.07) is 7.00. The summed E-state index contributed by atoms with van der Waals surface area (Å²) >= 11 is 0. The van der Waals surface area contributed by atoms with E-state index in [2.05, 4.69) is 38.1 Å². The lowest BCUT2D eigenvalue weighted by Gasteiger charge is -2.04. The van der Waals surface area contributed by atoms with Crippen molar-refractivity contribution in [2.24, 2.45) is 5.73 Å². The Bertz CT molecular complexity index is 390. The Morgan fingerprint density at radius 1 is 1.33 bits per heavy atom. The van der Waals surface area contributed by atoms with Gasteiger partial charge in [0.05, 0.1) is 0 Å². The van der Waals surface area contributed by atoms with Crippen LogP contribution in [-0.2, 0) is 0 Å². The first-order chi connectivity index (χ1) is 7.15. The van der Waals surface area contributed by atoms with Crippen LogP contribution in [0.15, 0.2) is 23.8 Å². The van der Waals surface area contributed by atoms with Gasteiger partial charge < -0.3 is 5.73 Å². The van der Waals surface area contributed by atoms with Gasteiger partial charge in [-0.05, 0) is 44.2 Å². The van der Waals surface area contributed by atoms with Crippen LogP contribution >= 0.6 is 0 Å². The molecule has 2 N–H and O–H groups in total. The maximum Gasteiger partial charge on any atom is 0.00792 e. The van der Waals surface area contributed by atoms with Gasteiger partial charge in [-0.1, -0.05) is 35.4 Å². The SMILES string of the molecule is Cc1ccc(C)c(C=C2CCC(N)C2)c1. The molecule has 1 heteroatoms. The van der Waals surface area contributed by atoms with Crippen LogP contribution in [0, 0.1) is 13.8 Å². The van der Waals surface area contributed by atoms with Gasteiger partial charge in [-0.25, -0.2) is 0 Å². The third-order valence-electron chi connectivity index (χ3n) is 3.15. The van der Waals surface area contributed by atoms with Gasteiger partial charge in [0.1, 0.15) is 0 Å². The third-order valence-corrected chi connectivity index (χ3v) is 3.15. The number of rotatable bonds is 1. The Morgan fingerprint density at radius 3 is 2.80 bits per heavy atom. The highest BCUT2D eigenvalue weighted by molar-refractivity contribution is 5.58. The molecule has 80 valence electrons. The molecule has 0 spiro atoms. The fourth-order valence-electron chi connectivity index (χ4n) is 2.18. The second-order valence-electron chi connectivity index (χ2n) is 4.67. The highest BCUT2D eigenvalue weighted by atomic mass is 14.6. The normalized spacial score (nSPS) is 23.7. The largest absolute Gasteiger partial charge is 0.327 e. The molecule has 2 rings (SSSR count). The lowest BCUT2D eigenvalue weighted by atomic mass is 10.0. The van der Waals surface area contributed by atoms with E-state index in [1.165, 1.54) is 28.7 Å². The molecule has 1 saturated carbocycles. The molecule has 0 saturated heterocycles. The highest BCUT2D eigenvalue weighted by Gasteiger charge is 2.14. The third kappa shape index (κ3) is 2.48. The van der Waals surface area contributed by atoms with Crippen molar-refractivity contribution in [3.8, 4) is 0 Å². The zero-order chi connectivity index (χ0) is 10.8. The maximum absolute atomic E-state index is 5.91. The van der Waals surface area contributed by atoms with Crippen molar-refractivity contribution in [1.29, 1.82) is 0 Å². The minimum absolute atomic E-state index is 0.390. The van der Waals surface area contributed by atoms with Gasteiger partial charge in [-0.15, -0.1) is 0 Å². The van der Waals surface area contributed by atoms with E-state index in [1.54, 1.807) is 0 Å². The zero-order valence-corrected chi connectivity index (χ0v) is 9.59. The molecule has 1 aliphatic carbocycles. The molecule has 0 aliphatic heterocycles. The van der Waals surface area contributed by atoms with Crippen molar-refractivity contribution in [3.05, 3.63) is 40.5 Å². The van der Waals surface area contributed by atoms with Crippen molar-refractivity contribution >= 4 is 6.08 Å². The van der Waals surface area contributed by atoms with Crippen molar-refractivity contribution in [1.82, 2.24) is 0 Å². The molecule has 1 aromatic rings. The molecule has 1 fully saturated rings. The molecule has 0 bridgehead atoms. The fourth-order valence-corrected chi connectivity index (χ4v) is 2.18. The smallest absolute Gasteiger partial charge is 0.00792 e. The number of aryl methyl sites for hydroxylation is 2. The topological polar surface area (TPSA) is 26.0 Å². The van der Waals surface area contributed by atoms with Gasteiger partial charge in [0.2, 0.25) is 0 Å². The molecule has 0 aromatic heterocycles. The van der Waals surface area contributed by atoms with Gasteiger partial charge in [0, 0.05) is 6.04 Å². The van der Waals surface area contributed by atoms with Crippen LogP contribution in [0.5, 0.6) is 0 Å². The summed E-state index contributed by atoms with van der Waals surface area (Å²) in [5, 5.41) is 0. The van der Waals surface area contributed by atoms with E-state index >= 15 is 0 Å². The number of benzene rings is 1. The van der Waals surface area contributed by atoms with E-state index in [-0.39, 0.29) is 0 Å². The van der Waals surface area contributed by atoms with Crippen molar-refractivity contribution in [2.45, 2.75) is 39.2 Å². The predicted molar refractivity (Wildman–Crippen MR) is 65.7 cm³/mol. The van der Waals surface area contributed by atoms with Crippen molar-refractivity contribution < 1.29 is 0 Å². The first kappa shape index (κ1) is 10.4. The highest BCUT2D eigenvalue weighted by Crippen LogP contribution is 2.26. The first-order valence-corrected chi connectivity index (χ1v) is 5.67. The molecule has 0 amide bonds. The number of hydrogen-bond donors (Lipinski definition) is 1. The fraction of sp³-hybridized carbons (Fsp3) is 0.429. The minimum Gasteiger partial charge on any atom is -0.327 e. The lowest BCUT2D eigenvalue weighted by Crippen LogP contribution is -2.13. The molecule has 0 radical (unpaired) electrons. The van der Waals surface area contributed by atoms with E-state index in [0.29, 0.717) is 6.04 Å². The van der Waals surface area contributed by atoms with Gasteiger partial charge >= 0.3 is 0 Å². The molecule has 1 aromatic carbocycles. The zero-order valence-electron chi connectivity index (χ0n) is 9.59. The maximum atomic E-state index is 5.91. The molecule has 1 atom stereocenters. The molecule has 1 unspecified atom stereocenters. The molecule has 15 heavy (non-hydrogen) atoms. The van der Waals surface area contributed by atoms with Crippen LogP contribution in [0.1, 0.15) is 36.0 Å². The number of nitrogens with two attached hydrogens (primary N) is 1. The van der Waals surface area contributed by atoms with Gasteiger partial charge in [-0.2, -0.15) is 0 Å². The Labute approximate surface area is 92.0 Å². The van der Waals surface area contributed by atoms with Crippen molar-refractivity contribution in [3.63, 3.8) is 0 Å². The van der Waals surface area contributed by atoms with Gasteiger partial charge in [0.25, 0.3) is 0 Å². The predicted octanol–water partition coefficient (Wildman–Crippen LogP) is 3.20. The van der Waals surface area contributed by atoms with Gasteiger partial charge in [0.15, 0.2) is 0 Å². The van der Waals surface area contributed by atoms with E-state index in [1.807, 2.05) is 0 Å². The second-order valence-corrected chi connectivity index (χ2v) is 4.67. The Kier molecular flexibility index (Phi) is 2.92. The molecule has 0 heterocycles. The van der Waals surface area contributed by atoms with E-state index in [4.69, 9.17) is 5.73 Å². The van der Waals surface area contributed by atoms with E-state index in [0.717, 1.165) is 12.8 Å². The summed E-state index contributed by atoms with van der Waals surface area (Å²) < 4.78 is 0.